The van der Waals surface area contributed by atoms with Crippen molar-refractivity contribution in [3.05, 3.63) is 35.9 Å². The summed E-state index contributed by atoms with van der Waals surface area (Å²) in [6, 6.07) is 10.5. The number of nitrogens with zero attached hydrogens (tertiary/aromatic N) is 2. The van der Waals surface area contributed by atoms with Gasteiger partial charge in [-0.2, -0.15) is 0 Å². The van der Waals surface area contributed by atoms with Crippen molar-refractivity contribution >= 4 is 44.1 Å². The predicted octanol–water partition coefficient (Wildman–Crippen LogP) is 5.60. The molecule has 0 unspecified atom stereocenters. The Hall–Kier alpha value is 0.482. The van der Waals surface area contributed by atoms with Gasteiger partial charge < -0.3 is 4.90 Å². The Morgan fingerprint density at radius 3 is 1.96 bits per heavy atom. The fourth-order valence-corrected chi connectivity index (χ4v) is 4.66. The van der Waals surface area contributed by atoms with Gasteiger partial charge in [-0.25, -0.2) is 5.09 Å². The molecule has 0 aliphatic rings. The average molecular weight is 467 g/mol. The summed E-state index contributed by atoms with van der Waals surface area (Å²) in [7, 11) is 18.3. The third-order valence-electron chi connectivity index (χ3n) is 3.37. The van der Waals surface area contributed by atoms with Crippen LogP contribution in [0.3, 0.4) is 0 Å². The van der Waals surface area contributed by atoms with Crippen molar-refractivity contribution in [2.45, 2.75) is 39.0 Å². The fourth-order valence-electron chi connectivity index (χ4n) is 2.25. The summed E-state index contributed by atoms with van der Waals surface area (Å²) < 4.78 is 0. The Kier molecular flexibility index (Phi) is 14.8. The van der Waals surface area contributed by atoms with Gasteiger partial charge in [0.25, 0.3) is 0 Å². The third kappa shape index (κ3) is 13.3. The molecule has 3 nitrogen and oxygen atoms in total. The first-order valence-electron chi connectivity index (χ1n) is 8.26. The van der Waals surface area contributed by atoms with E-state index in [1.807, 2.05) is 0 Å². The van der Waals surface area contributed by atoms with Crippen LogP contribution in [0.2, 0.25) is 0 Å². The summed E-state index contributed by atoms with van der Waals surface area (Å²) in [6.07, 6.45) is 0. The summed E-state index contributed by atoms with van der Waals surface area (Å²) in [4.78, 5) is 7.00. The Morgan fingerprint density at radius 1 is 1.08 bits per heavy atom. The zero-order valence-electron chi connectivity index (χ0n) is 15.9. The Labute approximate surface area is 171 Å². The van der Waals surface area contributed by atoms with Gasteiger partial charge in [-0.3, -0.25) is 4.99 Å². The van der Waals surface area contributed by atoms with Crippen LogP contribution < -0.4 is 5.09 Å². The molecule has 0 aliphatic heterocycles. The first kappa shape index (κ1) is 25.5. The molecule has 0 saturated carbocycles. The standard InChI is InChI=1S/C17H30N3P.3ClH.Cr/c1-14(2)21(15(3)4)19-17(18-12-13-20(5)6)16-10-8-7-9-11-16;;;;/h7-11,14-15H,12-13H2,1-6H3,(H,18,19);3*1H;/q;;;;+4/p-2. The maximum atomic E-state index is 4.93. The molecule has 8 heteroatoms. The van der Waals surface area contributed by atoms with E-state index < -0.39 is 19.5 Å². The molecular weight excluding hydrogens is 436 g/mol. The van der Waals surface area contributed by atoms with Crippen LogP contribution in [0.5, 0.6) is 0 Å². The van der Waals surface area contributed by atoms with Crippen LogP contribution in [-0.2, 0) is 11.4 Å². The second-order valence-electron chi connectivity index (χ2n) is 6.46. The molecule has 0 aliphatic carbocycles. The van der Waals surface area contributed by atoms with Gasteiger partial charge in [-0.1, -0.05) is 30.3 Å². The summed E-state index contributed by atoms with van der Waals surface area (Å²) in [6.45, 7) is 11.0. The summed E-state index contributed by atoms with van der Waals surface area (Å²) in [5, 5.41) is 3.78. The van der Waals surface area contributed by atoms with Crippen LogP contribution in [0.15, 0.2) is 35.3 Å². The van der Waals surface area contributed by atoms with Gasteiger partial charge in [0.1, 0.15) is 0 Å². The van der Waals surface area contributed by atoms with E-state index in [1.54, 1.807) is 0 Å². The van der Waals surface area contributed by atoms with E-state index in [-0.39, 0.29) is 0 Å². The third-order valence-corrected chi connectivity index (χ3v) is 6.38. The molecule has 0 fully saturated rings. The zero-order valence-corrected chi connectivity index (χ0v) is 20.4. The van der Waals surface area contributed by atoms with E-state index >= 15 is 0 Å². The predicted molar refractivity (Wildman–Crippen MR) is 116 cm³/mol. The van der Waals surface area contributed by atoms with Crippen LogP contribution in [0.1, 0.15) is 33.3 Å². The van der Waals surface area contributed by atoms with Crippen LogP contribution in [0.25, 0.3) is 0 Å². The minimum absolute atomic E-state index is 0.669. The summed E-state index contributed by atoms with van der Waals surface area (Å²) in [5.41, 5.74) is 2.55. The van der Waals surface area contributed by atoms with Crippen molar-refractivity contribution in [1.29, 1.82) is 0 Å². The van der Waals surface area contributed by atoms with Gasteiger partial charge in [0.15, 0.2) is 5.84 Å². The maximum absolute atomic E-state index is 4.93. The molecule has 0 atom stereocenters. The van der Waals surface area contributed by atoms with Crippen LogP contribution in [0.4, 0.5) is 0 Å². The first-order chi connectivity index (χ1) is 11.6. The van der Waals surface area contributed by atoms with Crippen molar-refractivity contribution in [2.75, 3.05) is 27.2 Å². The van der Waals surface area contributed by atoms with Gasteiger partial charge in [-0.05, 0) is 41.8 Å². The molecule has 0 amide bonds. The topological polar surface area (TPSA) is 27.6 Å². The van der Waals surface area contributed by atoms with Gasteiger partial charge in [0.2, 0.25) is 0 Å². The van der Waals surface area contributed by atoms with Gasteiger partial charge >= 0.3 is 41.5 Å². The summed E-state index contributed by atoms with van der Waals surface area (Å²) in [5.74, 6) is 1.06. The van der Waals surface area contributed by atoms with Crippen LogP contribution >= 0.6 is 38.2 Å². The molecule has 0 heterocycles. The molecule has 144 valence electrons. The quantitative estimate of drug-likeness (QED) is 0.322. The summed E-state index contributed by atoms with van der Waals surface area (Å²) >= 11 is -1.62. The van der Waals surface area contributed by atoms with E-state index in [4.69, 9.17) is 35.1 Å². The number of likely N-dealkylation sites (N-methyl/N-ethyl adjacent to an activating group) is 1. The van der Waals surface area contributed by atoms with E-state index in [9.17, 15) is 0 Å². The van der Waals surface area contributed by atoms with Crippen molar-refractivity contribution < 1.29 is 11.4 Å². The number of hydrogen-bond acceptors (Lipinski definition) is 2. The molecule has 1 rings (SSSR count). The van der Waals surface area contributed by atoms with Crippen molar-refractivity contribution in [3.8, 4) is 0 Å². The average Bonchev–Trinajstić information content (AvgIpc) is 2.49. The molecule has 0 radical (unpaired) electrons. The van der Waals surface area contributed by atoms with Crippen LogP contribution in [0, 0.1) is 0 Å². The molecule has 0 aromatic heterocycles. The Morgan fingerprint density at radius 2 is 1.56 bits per heavy atom. The normalized spacial score (nSPS) is 12.2. The van der Waals surface area contributed by atoms with Gasteiger partial charge in [0.05, 0.1) is 25.9 Å². The van der Waals surface area contributed by atoms with Crippen molar-refractivity contribution in [3.63, 3.8) is 0 Å². The van der Waals surface area contributed by atoms with Gasteiger partial charge in [-0.15, -0.1) is 0 Å². The molecule has 1 aromatic carbocycles. The number of rotatable bonds is 7. The minimum atomic E-state index is -1.62. The Bertz CT molecular complexity index is 475. The van der Waals surface area contributed by atoms with E-state index in [2.05, 4.69) is 82.1 Å². The molecule has 1 N–H and O–H groups in total. The van der Waals surface area contributed by atoms with E-state index in [0.717, 1.165) is 18.9 Å². The van der Waals surface area contributed by atoms with Crippen LogP contribution in [-0.4, -0.2) is 49.2 Å². The fraction of sp³-hybridized carbons (Fsp3) is 0.588. The van der Waals surface area contributed by atoms with E-state index in [0.29, 0.717) is 11.3 Å². The van der Waals surface area contributed by atoms with Gasteiger partial charge in [0, 0.05) is 12.1 Å². The molecular formula is C17H31Cl3CrN3P+2. The Balaban J connectivity index is 0.00000129. The number of hydrogen-bond donors (Lipinski definition) is 1. The molecule has 1 aromatic rings. The zero-order chi connectivity index (χ0) is 19.4. The number of halogens is 3. The number of amidine groups is 1. The molecule has 25 heavy (non-hydrogen) atoms. The second kappa shape index (κ2) is 14.5. The van der Waals surface area contributed by atoms with E-state index in [1.165, 1.54) is 5.56 Å². The van der Waals surface area contributed by atoms with Crippen molar-refractivity contribution in [1.82, 2.24) is 9.99 Å². The first-order valence-corrected chi connectivity index (χ1v) is 15.2. The number of nitrogens with one attached hydrogen (secondary N) is 1. The molecule has 0 spiro atoms. The second-order valence-corrected chi connectivity index (χ2v) is 16.3. The number of aliphatic imine (C=N–C) groups is 1. The molecule has 0 saturated heterocycles. The SMILES string of the molecule is CC(C)[PH+](NC(=NCCN(C)C)c1ccccc1)C(C)C.[Cl][Cr+]([Cl])[Cl]. The molecule has 0 bridgehead atoms. The van der Waals surface area contributed by atoms with Crippen molar-refractivity contribution in [2.24, 2.45) is 4.99 Å². The number of benzene rings is 1. The monoisotopic (exact) mass is 465 g/mol.